The van der Waals surface area contributed by atoms with E-state index in [-0.39, 0.29) is 0 Å². The Labute approximate surface area is 99.4 Å². The standard InChI is InChI=1S/C12H14ClN3/c13-12-11(9-4-3-6-14-8-9)15-10-5-1-2-7-16(10)12/h1-2,5,7,9,14H,3-4,6,8H2. The summed E-state index contributed by atoms with van der Waals surface area (Å²) in [6.07, 6.45) is 4.34. The Morgan fingerprint density at radius 3 is 3.12 bits per heavy atom. The number of halogens is 1. The van der Waals surface area contributed by atoms with Crippen LogP contribution in [0.5, 0.6) is 0 Å². The second-order valence-corrected chi connectivity index (χ2v) is 4.62. The zero-order valence-corrected chi connectivity index (χ0v) is 9.74. The highest BCUT2D eigenvalue weighted by Crippen LogP contribution is 2.29. The molecule has 1 aliphatic heterocycles. The molecule has 16 heavy (non-hydrogen) atoms. The SMILES string of the molecule is Clc1c(C2CCCNC2)nc2ccccn12. The largest absolute Gasteiger partial charge is 0.316 e. The summed E-state index contributed by atoms with van der Waals surface area (Å²) in [5.74, 6) is 0.459. The summed E-state index contributed by atoms with van der Waals surface area (Å²) in [5.41, 5.74) is 1.98. The number of nitrogens with one attached hydrogen (secondary N) is 1. The van der Waals surface area contributed by atoms with E-state index in [1.54, 1.807) is 0 Å². The van der Waals surface area contributed by atoms with Gasteiger partial charge in [-0.2, -0.15) is 0 Å². The summed E-state index contributed by atoms with van der Waals surface area (Å²) in [4.78, 5) is 4.63. The van der Waals surface area contributed by atoms with E-state index in [1.165, 1.54) is 12.8 Å². The maximum atomic E-state index is 6.36. The Kier molecular flexibility index (Phi) is 2.58. The molecule has 1 N–H and O–H groups in total. The normalized spacial score (nSPS) is 21.4. The van der Waals surface area contributed by atoms with Crippen molar-refractivity contribution in [3.63, 3.8) is 0 Å². The highest BCUT2D eigenvalue weighted by molar-refractivity contribution is 6.30. The first-order chi connectivity index (χ1) is 7.86. The fourth-order valence-electron chi connectivity index (χ4n) is 2.33. The van der Waals surface area contributed by atoms with Crippen molar-refractivity contribution < 1.29 is 0 Å². The van der Waals surface area contributed by atoms with Gasteiger partial charge in [-0.15, -0.1) is 0 Å². The van der Waals surface area contributed by atoms with Crippen molar-refractivity contribution in [3.05, 3.63) is 35.2 Å². The molecule has 1 aliphatic rings. The molecule has 1 saturated heterocycles. The first kappa shape index (κ1) is 10.1. The van der Waals surface area contributed by atoms with Crippen LogP contribution < -0.4 is 5.32 Å². The number of aromatic nitrogens is 2. The number of fused-ring (bicyclic) bond motifs is 1. The van der Waals surface area contributed by atoms with Gasteiger partial charge < -0.3 is 5.32 Å². The van der Waals surface area contributed by atoms with Crippen LogP contribution in [0.3, 0.4) is 0 Å². The Morgan fingerprint density at radius 2 is 2.38 bits per heavy atom. The van der Waals surface area contributed by atoms with E-state index in [0.717, 1.165) is 29.6 Å². The average Bonchev–Trinajstić information content (AvgIpc) is 2.69. The summed E-state index contributed by atoms with van der Waals surface area (Å²) in [6.45, 7) is 2.10. The minimum Gasteiger partial charge on any atom is -0.316 e. The van der Waals surface area contributed by atoms with Crippen molar-refractivity contribution in [2.24, 2.45) is 0 Å². The van der Waals surface area contributed by atoms with Crippen LogP contribution in [-0.4, -0.2) is 22.5 Å². The van der Waals surface area contributed by atoms with Crippen molar-refractivity contribution >= 4 is 17.2 Å². The Bertz CT molecular complexity index is 500. The van der Waals surface area contributed by atoms with Crippen LogP contribution in [0.25, 0.3) is 5.65 Å². The lowest BCUT2D eigenvalue weighted by atomic mass is 9.97. The summed E-state index contributed by atoms with van der Waals surface area (Å²) in [5, 5.41) is 4.16. The molecule has 1 atom stereocenters. The zero-order valence-electron chi connectivity index (χ0n) is 8.99. The van der Waals surface area contributed by atoms with E-state index < -0.39 is 0 Å². The average molecular weight is 236 g/mol. The molecule has 0 bridgehead atoms. The van der Waals surface area contributed by atoms with Gasteiger partial charge in [-0.1, -0.05) is 17.7 Å². The van der Waals surface area contributed by atoms with Gasteiger partial charge in [0.05, 0.1) is 5.69 Å². The maximum Gasteiger partial charge on any atom is 0.138 e. The Balaban J connectivity index is 2.05. The smallest absolute Gasteiger partial charge is 0.138 e. The lowest BCUT2D eigenvalue weighted by molar-refractivity contribution is 0.456. The van der Waals surface area contributed by atoms with Crippen LogP contribution in [0.2, 0.25) is 5.15 Å². The van der Waals surface area contributed by atoms with Crippen LogP contribution in [0.1, 0.15) is 24.5 Å². The maximum absolute atomic E-state index is 6.36. The molecular formula is C12H14ClN3. The van der Waals surface area contributed by atoms with Crippen LogP contribution in [-0.2, 0) is 0 Å². The lowest BCUT2D eigenvalue weighted by Gasteiger charge is -2.21. The van der Waals surface area contributed by atoms with Gasteiger partial charge in [-0.3, -0.25) is 4.40 Å². The van der Waals surface area contributed by atoms with Crippen molar-refractivity contribution in [2.75, 3.05) is 13.1 Å². The number of imidazole rings is 1. The molecule has 3 heterocycles. The molecular weight excluding hydrogens is 222 g/mol. The molecule has 84 valence electrons. The molecule has 0 spiro atoms. The molecule has 0 saturated carbocycles. The molecule has 2 aromatic heterocycles. The minimum atomic E-state index is 0.459. The number of rotatable bonds is 1. The van der Waals surface area contributed by atoms with Crippen LogP contribution in [0, 0.1) is 0 Å². The van der Waals surface area contributed by atoms with E-state index in [2.05, 4.69) is 10.3 Å². The van der Waals surface area contributed by atoms with Crippen molar-refractivity contribution in [3.8, 4) is 0 Å². The molecule has 0 amide bonds. The first-order valence-corrected chi connectivity index (χ1v) is 6.07. The third-order valence-electron chi connectivity index (χ3n) is 3.18. The summed E-state index contributed by atoms with van der Waals surface area (Å²) >= 11 is 6.36. The van der Waals surface area contributed by atoms with Crippen molar-refractivity contribution in [2.45, 2.75) is 18.8 Å². The summed E-state index contributed by atoms with van der Waals surface area (Å²) in [7, 11) is 0. The molecule has 1 unspecified atom stereocenters. The molecule has 4 heteroatoms. The van der Waals surface area contributed by atoms with Crippen LogP contribution in [0.15, 0.2) is 24.4 Å². The molecule has 3 nitrogen and oxygen atoms in total. The highest BCUT2D eigenvalue weighted by atomic mass is 35.5. The Morgan fingerprint density at radius 1 is 1.44 bits per heavy atom. The number of hydrogen-bond donors (Lipinski definition) is 1. The monoisotopic (exact) mass is 235 g/mol. The third kappa shape index (κ3) is 1.60. The van der Waals surface area contributed by atoms with Gasteiger partial charge in [-0.25, -0.2) is 4.98 Å². The molecule has 1 fully saturated rings. The minimum absolute atomic E-state index is 0.459. The van der Waals surface area contributed by atoms with Gasteiger partial charge in [0.15, 0.2) is 0 Å². The fraction of sp³-hybridized carbons (Fsp3) is 0.417. The van der Waals surface area contributed by atoms with Crippen LogP contribution >= 0.6 is 11.6 Å². The fourth-order valence-corrected chi connectivity index (χ4v) is 2.67. The van der Waals surface area contributed by atoms with E-state index in [9.17, 15) is 0 Å². The lowest BCUT2D eigenvalue weighted by Crippen LogP contribution is -2.28. The van der Waals surface area contributed by atoms with Gasteiger partial charge >= 0.3 is 0 Å². The van der Waals surface area contributed by atoms with Crippen molar-refractivity contribution in [1.82, 2.24) is 14.7 Å². The predicted molar refractivity (Wildman–Crippen MR) is 65.0 cm³/mol. The first-order valence-electron chi connectivity index (χ1n) is 5.69. The molecule has 0 radical (unpaired) electrons. The van der Waals surface area contributed by atoms with Gasteiger partial charge in [0, 0.05) is 18.7 Å². The topological polar surface area (TPSA) is 29.3 Å². The van der Waals surface area contributed by atoms with Crippen molar-refractivity contribution in [1.29, 1.82) is 0 Å². The number of nitrogens with zero attached hydrogens (tertiary/aromatic N) is 2. The highest BCUT2D eigenvalue weighted by Gasteiger charge is 2.21. The predicted octanol–water partition coefficient (Wildman–Crippen LogP) is 2.45. The zero-order chi connectivity index (χ0) is 11.0. The summed E-state index contributed by atoms with van der Waals surface area (Å²) < 4.78 is 1.95. The number of hydrogen-bond acceptors (Lipinski definition) is 2. The van der Waals surface area contributed by atoms with E-state index >= 15 is 0 Å². The van der Waals surface area contributed by atoms with E-state index in [4.69, 9.17) is 11.6 Å². The van der Waals surface area contributed by atoms with Gasteiger partial charge in [0.2, 0.25) is 0 Å². The summed E-state index contributed by atoms with van der Waals surface area (Å²) in [6, 6.07) is 5.96. The Hall–Kier alpha value is -1.06. The van der Waals surface area contributed by atoms with Gasteiger partial charge in [-0.05, 0) is 31.5 Å². The molecule has 0 aromatic carbocycles. The van der Waals surface area contributed by atoms with E-state index in [1.807, 2.05) is 28.8 Å². The third-order valence-corrected chi connectivity index (χ3v) is 3.56. The molecule has 0 aliphatic carbocycles. The van der Waals surface area contributed by atoms with E-state index in [0.29, 0.717) is 5.92 Å². The number of piperidine rings is 1. The number of pyridine rings is 1. The second kappa shape index (κ2) is 4.07. The quantitative estimate of drug-likeness (QED) is 0.823. The van der Waals surface area contributed by atoms with Gasteiger partial charge in [0.1, 0.15) is 10.8 Å². The second-order valence-electron chi connectivity index (χ2n) is 4.26. The van der Waals surface area contributed by atoms with Crippen LogP contribution in [0.4, 0.5) is 0 Å². The molecule has 2 aromatic rings. The van der Waals surface area contributed by atoms with Gasteiger partial charge in [0.25, 0.3) is 0 Å². The molecule has 3 rings (SSSR count).